The highest BCUT2D eigenvalue weighted by molar-refractivity contribution is 9.09. The van der Waals surface area contributed by atoms with Gasteiger partial charge in [0.1, 0.15) is 16.4 Å². The van der Waals surface area contributed by atoms with Crippen LogP contribution in [0.15, 0.2) is 23.1 Å². The number of thioether (sulfide) groups is 1. The highest BCUT2D eigenvalue weighted by atomic mass is 79.9. The minimum atomic E-state index is -0.292. The zero-order valence-electron chi connectivity index (χ0n) is 8.91. The van der Waals surface area contributed by atoms with Crippen molar-refractivity contribution in [2.24, 2.45) is 0 Å². The first-order valence-electron chi connectivity index (χ1n) is 4.46. The van der Waals surface area contributed by atoms with Gasteiger partial charge in [0.05, 0.1) is 7.11 Å². The minimum Gasteiger partial charge on any atom is -0.496 e. The van der Waals surface area contributed by atoms with Gasteiger partial charge in [-0.05, 0) is 31.4 Å². The molecule has 1 unspecified atom stereocenters. The van der Waals surface area contributed by atoms with E-state index in [0.717, 1.165) is 16.2 Å². The molecule has 0 amide bonds. The van der Waals surface area contributed by atoms with Gasteiger partial charge < -0.3 is 4.74 Å². The van der Waals surface area contributed by atoms with Crippen LogP contribution in [-0.2, 0) is 4.79 Å². The zero-order chi connectivity index (χ0) is 11.4. The van der Waals surface area contributed by atoms with Crippen molar-refractivity contribution in [3.8, 4) is 5.75 Å². The third-order valence-corrected chi connectivity index (χ3v) is 3.93. The van der Waals surface area contributed by atoms with E-state index in [1.807, 2.05) is 24.5 Å². The molecular formula is C11H13BrO2S. The van der Waals surface area contributed by atoms with Crippen LogP contribution >= 0.6 is 27.7 Å². The van der Waals surface area contributed by atoms with Gasteiger partial charge in [0.2, 0.25) is 0 Å². The molecule has 82 valence electrons. The molecule has 0 bridgehead atoms. The molecule has 1 atom stereocenters. The van der Waals surface area contributed by atoms with E-state index in [4.69, 9.17) is 4.74 Å². The number of Topliss-reactive ketones (excluding diaryl/α,β-unsaturated/α-hetero) is 1. The van der Waals surface area contributed by atoms with E-state index in [1.165, 1.54) is 0 Å². The first-order valence-corrected chi connectivity index (χ1v) is 6.60. The Morgan fingerprint density at radius 1 is 1.53 bits per heavy atom. The molecule has 0 spiro atoms. The molecule has 0 aliphatic rings. The minimum absolute atomic E-state index is 0.0755. The summed E-state index contributed by atoms with van der Waals surface area (Å²) in [6.07, 6.45) is 2.00. The van der Waals surface area contributed by atoms with E-state index in [-0.39, 0.29) is 10.6 Å². The average Bonchev–Trinajstić information content (AvgIpc) is 2.27. The molecule has 1 aromatic rings. The molecule has 0 fully saturated rings. The third-order valence-electron chi connectivity index (χ3n) is 2.07. The van der Waals surface area contributed by atoms with Crippen LogP contribution in [0, 0.1) is 0 Å². The number of alkyl halides is 1. The predicted molar refractivity (Wildman–Crippen MR) is 67.1 cm³/mol. The van der Waals surface area contributed by atoms with E-state index < -0.39 is 0 Å². The van der Waals surface area contributed by atoms with Gasteiger partial charge in [-0.2, -0.15) is 0 Å². The number of carbonyl (C=O) groups is 1. The van der Waals surface area contributed by atoms with Crippen molar-refractivity contribution in [1.82, 2.24) is 0 Å². The van der Waals surface area contributed by atoms with Crippen LogP contribution in [0.1, 0.15) is 17.3 Å². The van der Waals surface area contributed by atoms with Crippen LogP contribution in [0.5, 0.6) is 5.75 Å². The van der Waals surface area contributed by atoms with E-state index >= 15 is 0 Å². The number of ketones is 1. The Bertz CT molecular complexity index is 366. The maximum atomic E-state index is 11.3. The van der Waals surface area contributed by atoms with Crippen LogP contribution in [0.25, 0.3) is 0 Å². The SMILES string of the molecule is COc1ccc(SC)cc1C(Br)C(C)=O. The smallest absolute Gasteiger partial charge is 0.147 e. The lowest BCUT2D eigenvalue weighted by molar-refractivity contribution is -0.116. The van der Waals surface area contributed by atoms with Gasteiger partial charge in [0.15, 0.2) is 0 Å². The van der Waals surface area contributed by atoms with Crippen LogP contribution in [0.3, 0.4) is 0 Å². The Morgan fingerprint density at radius 2 is 2.20 bits per heavy atom. The topological polar surface area (TPSA) is 26.3 Å². The summed E-state index contributed by atoms with van der Waals surface area (Å²) in [7, 11) is 1.61. The monoisotopic (exact) mass is 288 g/mol. The normalized spacial score (nSPS) is 12.3. The summed E-state index contributed by atoms with van der Waals surface area (Å²) in [6.45, 7) is 1.56. The maximum Gasteiger partial charge on any atom is 0.147 e. The molecule has 2 nitrogen and oxygen atoms in total. The number of methoxy groups -OCH3 is 1. The fourth-order valence-corrected chi connectivity index (χ4v) is 2.06. The van der Waals surface area contributed by atoms with Crippen molar-refractivity contribution in [2.45, 2.75) is 16.6 Å². The highest BCUT2D eigenvalue weighted by Crippen LogP contribution is 2.34. The van der Waals surface area contributed by atoms with Gasteiger partial charge in [-0.3, -0.25) is 4.79 Å². The molecule has 15 heavy (non-hydrogen) atoms. The summed E-state index contributed by atoms with van der Waals surface area (Å²) in [5.41, 5.74) is 0.886. The molecule has 0 radical (unpaired) electrons. The molecule has 0 aliphatic carbocycles. The number of rotatable bonds is 4. The number of benzene rings is 1. The van der Waals surface area contributed by atoms with Crippen LogP contribution in [0.4, 0.5) is 0 Å². The number of halogens is 1. The number of carbonyl (C=O) groups excluding carboxylic acids is 1. The summed E-state index contributed by atoms with van der Waals surface area (Å²) in [5.74, 6) is 0.816. The lowest BCUT2D eigenvalue weighted by Gasteiger charge is -2.12. The lowest BCUT2D eigenvalue weighted by atomic mass is 10.1. The van der Waals surface area contributed by atoms with Crippen molar-refractivity contribution in [3.63, 3.8) is 0 Å². The second-order valence-electron chi connectivity index (χ2n) is 3.08. The first kappa shape index (κ1) is 12.6. The molecule has 0 N–H and O–H groups in total. The van der Waals surface area contributed by atoms with E-state index in [9.17, 15) is 4.79 Å². The van der Waals surface area contributed by atoms with Gasteiger partial charge in [-0.25, -0.2) is 0 Å². The van der Waals surface area contributed by atoms with Crippen molar-refractivity contribution < 1.29 is 9.53 Å². The van der Waals surface area contributed by atoms with Crippen LogP contribution in [-0.4, -0.2) is 19.1 Å². The second kappa shape index (κ2) is 5.56. The van der Waals surface area contributed by atoms with Crippen LogP contribution in [0.2, 0.25) is 0 Å². The molecule has 0 aromatic heterocycles. The summed E-state index contributed by atoms with van der Waals surface area (Å²) in [5, 5.41) is 0. The summed E-state index contributed by atoms with van der Waals surface area (Å²) in [6, 6.07) is 5.84. The van der Waals surface area contributed by atoms with Gasteiger partial charge in [-0.1, -0.05) is 15.9 Å². The quantitative estimate of drug-likeness (QED) is 0.627. The summed E-state index contributed by atoms with van der Waals surface area (Å²) >= 11 is 5.01. The Labute approximate surface area is 103 Å². The van der Waals surface area contributed by atoms with E-state index in [2.05, 4.69) is 15.9 Å². The molecular weight excluding hydrogens is 276 g/mol. The zero-order valence-corrected chi connectivity index (χ0v) is 11.3. The van der Waals surface area contributed by atoms with Gasteiger partial charge >= 0.3 is 0 Å². The average molecular weight is 289 g/mol. The lowest BCUT2D eigenvalue weighted by Crippen LogP contribution is -2.03. The van der Waals surface area contributed by atoms with Crippen molar-refractivity contribution in [2.75, 3.05) is 13.4 Å². The van der Waals surface area contributed by atoms with Gasteiger partial charge in [0.25, 0.3) is 0 Å². The van der Waals surface area contributed by atoms with Crippen molar-refractivity contribution in [3.05, 3.63) is 23.8 Å². The molecule has 0 heterocycles. The molecule has 4 heteroatoms. The Kier molecular flexibility index (Phi) is 4.67. The predicted octanol–water partition coefficient (Wildman–Crippen LogP) is 3.44. The maximum absolute atomic E-state index is 11.3. The van der Waals surface area contributed by atoms with Gasteiger partial charge in [0, 0.05) is 10.5 Å². The van der Waals surface area contributed by atoms with Crippen molar-refractivity contribution in [1.29, 1.82) is 0 Å². The standard InChI is InChI=1S/C11H13BrO2S/c1-7(13)11(12)9-6-8(15-3)4-5-10(9)14-2/h4-6,11H,1-3H3. The first-order chi connectivity index (χ1) is 7.10. The number of ether oxygens (including phenoxy) is 1. The fraction of sp³-hybridized carbons (Fsp3) is 0.364. The number of hydrogen-bond donors (Lipinski definition) is 0. The Hall–Kier alpha value is -0.480. The van der Waals surface area contributed by atoms with E-state index in [1.54, 1.807) is 25.8 Å². The largest absolute Gasteiger partial charge is 0.496 e. The van der Waals surface area contributed by atoms with Gasteiger partial charge in [-0.15, -0.1) is 11.8 Å². The van der Waals surface area contributed by atoms with Crippen LogP contribution < -0.4 is 4.74 Å². The Balaban J connectivity index is 3.16. The number of hydrogen-bond acceptors (Lipinski definition) is 3. The molecule has 0 saturated heterocycles. The summed E-state index contributed by atoms with van der Waals surface area (Å²) in [4.78, 5) is 12.1. The molecule has 1 rings (SSSR count). The second-order valence-corrected chi connectivity index (χ2v) is 4.88. The van der Waals surface area contributed by atoms with E-state index in [0.29, 0.717) is 0 Å². The fourth-order valence-electron chi connectivity index (χ4n) is 1.26. The third kappa shape index (κ3) is 2.98. The Morgan fingerprint density at radius 3 is 2.67 bits per heavy atom. The molecule has 0 saturated carbocycles. The highest BCUT2D eigenvalue weighted by Gasteiger charge is 2.17. The summed E-state index contributed by atoms with van der Waals surface area (Å²) < 4.78 is 5.22. The molecule has 1 aromatic carbocycles. The molecule has 0 aliphatic heterocycles. The van der Waals surface area contributed by atoms with Crippen molar-refractivity contribution >= 4 is 33.5 Å².